The minimum absolute atomic E-state index is 0.422. The van der Waals surface area contributed by atoms with Crippen molar-refractivity contribution < 1.29 is 0 Å². The van der Waals surface area contributed by atoms with Crippen molar-refractivity contribution in [3.8, 4) is 0 Å². The number of nitrogens with zero attached hydrogens (tertiary/aromatic N) is 1. The van der Waals surface area contributed by atoms with Crippen molar-refractivity contribution in [3.63, 3.8) is 0 Å². The van der Waals surface area contributed by atoms with E-state index in [2.05, 4.69) is 52.5 Å². The largest absolute Gasteiger partial charge is 0.151 e. The average Bonchev–Trinajstić information content (AvgIpc) is 2.38. The molecule has 0 spiro atoms. The first-order valence-electron chi connectivity index (χ1n) is 8.80. The molecule has 0 aliphatic heterocycles. The normalized spacial score (nSPS) is 17.2. The summed E-state index contributed by atoms with van der Waals surface area (Å²) in [6.07, 6.45) is 9.64. The summed E-state index contributed by atoms with van der Waals surface area (Å²) in [7, 11) is 0. The third kappa shape index (κ3) is 11.7. The number of nitroso groups, excluding NO2 is 1. The van der Waals surface area contributed by atoms with Crippen LogP contribution in [0.4, 0.5) is 0 Å². The van der Waals surface area contributed by atoms with E-state index in [1.165, 1.54) is 32.1 Å². The lowest BCUT2D eigenvalue weighted by atomic mass is 9.86. The van der Waals surface area contributed by atoms with E-state index in [1.54, 1.807) is 0 Å². The first kappa shape index (κ1) is 20.3. The fourth-order valence-electron chi connectivity index (χ4n) is 3.31. The molecule has 0 aromatic rings. The zero-order chi connectivity index (χ0) is 16.3. The molecular weight excluding hydrogens is 258 g/mol. The molecule has 4 unspecified atom stereocenters. The molecule has 0 rings (SSSR count). The molecule has 0 aliphatic carbocycles. The molecule has 4 atom stereocenters. The highest BCUT2D eigenvalue weighted by Gasteiger charge is 2.13. The third-order valence-electron chi connectivity index (χ3n) is 4.46. The SMILES string of the molecule is C=CC(CCC(C)CC(C)C)CCC(C)CC(C)CN=O. The maximum Gasteiger partial charge on any atom is 0.0836 e. The lowest BCUT2D eigenvalue weighted by Crippen LogP contribution is -2.09. The molecule has 2 heteroatoms. The van der Waals surface area contributed by atoms with Crippen molar-refractivity contribution in [2.45, 2.75) is 73.1 Å². The zero-order valence-corrected chi connectivity index (χ0v) is 15.0. The Morgan fingerprint density at radius 2 is 1.38 bits per heavy atom. The summed E-state index contributed by atoms with van der Waals surface area (Å²) in [5, 5.41) is 3.01. The van der Waals surface area contributed by atoms with Gasteiger partial charge < -0.3 is 0 Å². The Morgan fingerprint density at radius 3 is 1.81 bits per heavy atom. The van der Waals surface area contributed by atoms with Gasteiger partial charge >= 0.3 is 0 Å². The molecule has 0 fully saturated rings. The van der Waals surface area contributed by atoms with Gasteiger partial charge in [0.15, 0.2) is 0 Å². The van der Waals surface area contributed by atoms with Crippen LogP contribution in [-0.2, 0) is 0 Å². The molecule has 0 aliphatic rings. The first-order valence-corrected chi connectivity index (χ1v) is 8.80. The van der Waals surface area contributed by atoms with E-state index < -0.39 is 0 Å². The van der Waals surface area contributed by atoms with Gasteiger partial charge in [-0.15, -0.1) is 6.58 Å². The Morgan fingerprint density at radius 1 is 0.857 bits per heavy atom. The van der Waals surface area contributed by atoms with Gasteiger partial charge in [-0.05, 0) is 55.3 Å². The van der Waals surface area contributed by atoms with Crippen molar-refractivity contribution >= 4 is 0 Å². The molecular formula is C19H37NO. The van der Waals surface area contributed by atoms with E-state index in [0.29, 0.717) is 24.3 Å². The number of rotatable bonds is 13. The van der Waals surface area contributed by atoms with Gasteiger partial charge in [-0.25, -0.2) is 0 Å². The molecule has 0 saturated carbocycles. The zero-order valence-electron chi connectivity index (χ0n) is 15.0. The summed E-state index contributed by atoms with van der Waals surface area (Å²) in [6, 6.07) is 0. The molecule has 0 bridgehead atoms. The lowest BCUT2D eigenvalue weighted by molar-refractivity contribution is 0.343. The second-order valence-electron chi connectivity index (χ2n) is 7.64. The van der Waals surface area contributed by atoms with Gasteiger partial charge in [-0.2, -0.15) is 4.91 Å². The standard InChI is InChI=1S/C19H37NO/c1-7-19(10-8-16(4)12-15(2)3)11-9-17(5)13-18(6)14-20-21/h7,15-19H,1,8-14H2,2-6H3. The minimum Gasteiger partial charge on any atom is -0.151 e. The van der Waals surface area contributed by atoms with E-state index in [1.807, 2.05) is 0 Å². The van der Waals surface area contributed by atoms with Gasteiger partial charge in [-0.3, -0.25) is 0 Å². The fourth-order valence-corrected chi connectivity index (χ4v) is 3.31. The van der Waals surface area contributed by atoms with Crippen molar-refractivity contribution in [3.05, 3.63) is 17.6 Å². The maximum absolute atomic E-state index is 10.3. The Balaban J connectivity index is 3.93. The van der Waals surface area contributed by atoms with Crippen LogP contribution in [0.3, 0.4) is 0 Å². The number of hydrogen-bond donors (Lipinski definition) is 0. The Bertz CT molecular complexity index is 275. The van der Waals surface area contributed by atoms with Crippen LogP contribution >= 0.6 is 0 Å². The quantitative estimate of drug-likeness (QED) is 0.283. The van der Waals surface area contributed by atoms with Crippen LogP contribution in [0.1, 0.15) is 73.1 Å². The molecule has 0 aromatic heterocycles. The molecule has 0 aromatic carbocycles. The Labute approximate surface area is 132 Å². The van der Waals surface area contributed by atoms with Gasteiger partial charge in [-0.1, -0.05) is 58.7 Å². The van der Waals surface area contributed by atoms with Gasteiger partial charge in [0.25, 0.3) is 0 Å². The number of hydrogen-bond acceptors (Lipinski definition) is 2. The highest BCUT2D eigenvalue weighted by molar-refractivity contribution is 4.80. The Hall–Kier alpha value is -0.660. The summed E-state index contributed by atoms with van der Waals surface area (Å²) in [5.74, 6) is 3.38. The maximum atomic E-state index is 10.3. The van der Waals surface area contributed by atoms with Gasteiger partial charge in [0.1, 0.15) is 0 Å². The van der Waals surface area contributed by atoms with Crippen molar-refractivity contribution in [2.75, 3.05) is 6.54 Å². The molecule has 0 amide bonds. The third-order valence-corrected chi connectivity index (χ3v) is 4.46. The number of allylic oxidation sites excluding steroid dienone is 1. The van der Waals surface area contributed by atoms with Crippen LogP contribution in [0.5, 0.6) is 0 Å². The molecule has 2 nitrogen and oxygen atoms in total. The van der Waals surface area contributed by atoms with Gasteiger partial charge in [0.05, 0.1) is 6.54 Å². The summed E-state index contributed by atoms with van der Waals surface area (Å²) in [4.78, 5) is 10.3. The van der Waals surface area contributed by atoms with E-state index >= 15 is 0 Å². The average molecular weight is 296 g/mol. The second kappa shape index (κ2) is 11.9. The smallest absolute Gasteiger partial charge is 0.0836 e. The topological polar surface area (TPSA) is 29.4 Å². The van der Waals surface area contributed by atoms with E-state index in [-0.39, 0.29) is 0 Å². The molecule has 0 radical (unpaired) electrons. The minimum atomic E-state index is 0.422. The van der Waals surface area contributed by atoms with E-state index in [9.17, 15) is 4.91 Å². The predicted octanol–water partition coefficient (Wildman–Crippen LogP) is 6.46. The highest BCUT2D eigenvalue weighted by atomic mass is 16.3. The van der Waals surface area contributed by atoms with E-state index in [4.69, 9.17) is 0 Å². The summed E-state index contributed by atoms with van der Waals surface area (Å²) >= 11 is 0. The summed E-state index contributed by atoms with van der Waals surface area (Å²) in [5.41, 5.74) is 0. The van der Waals surface area contributed by atoms with Crippen molar-refractivity contribution in [2.24, 2.45) is 34.8 Å². The van der Waals surface area contributed by atoms with E-state index in [0.717, 1.165) is 18.3 Å². The van der Waals surface area contributed by atoms with Crippen LogP contribution in [0.2, 0.25) is 0 Å². The summed E-state index contributed by atoms with van der Waals surface area (Å²) < 4.78 is 0. The van der Waals surface area contributed by atoms with Crippen LogP contribution in [-0.4, -0.2) is 6.54 Å². The van der Waals surface area contributed by atoms with Crippen molar-refractivity contribution in [1.82, 2.24) is 0 Å². The molecule has 21 heavy (non-hydrogen) atoms. The molecule has 124 valence electrons. The highest BCUT2D eigenvalue weighted by Crippen LogP contribution is 2.25. The predicted molar refractivity (Wildman–Crippen MR) is 94.4 cm³/mol. The fraction of sp³-hybridized carbons (Fsp3) is 0.895. The first-order chi connectivity index (χ1) is 9.88. The van der Waals surface area contributed by atoms with Gasteiger partial charge in [0, 0.05) is 0 Å². The van der Waals surface area contributed by atoms with Crippen LogP contribution < -0.4 is 0 Å². The van der Waals surface area contributed by atoms with Crippen molar-refractivity contribution in [1.29, 1.82) is 0 Å². The molecule has 0 saturated heterocycles. The van der Waals surface area contributed by atoms with Crippen LogP contribution in [0, 0.1) is 34.5 Å². The van der Waals surface area contributed by atoms with Crippen LogP contribution in [0.25, 0.3) is 0 Å². The monoisotopic (exact) mass is 295 g/mol. The molecule has 0 heterocycles. The summed E-state index contributed by atoms with van der Waals surface area (Å²) in [6.45, 7) is 15.9. The molecule has 0 N–H and O–H groups in total. The second-order valence-corrected chi connectivity index (χ2v) is 7.64. The van der Waals surface area contributed by atoms with Gasteiger partial charge in [0.2, 0.25) is 0 Å². The van der Waals surface area contributed by atoms with Crippen LogP contribution in [0.15, 0.2) is 17.8 Å². The lowest BCUT2D eigenvalue weighted by Gasteiger charge is -2.20. The Kier molecular flexibility index (Phi) is 11.6.